The lowest BCUT2D eigenvalue weighted by Crippen LogP contribution is -2.07. The van der Waals surface area contributed by atoms with Gasteiger partial charge in [0.15, 0.2) is 23.0 Å². The topological polar surface area (TPSA) is 121 Å². The number of phenols is 2. The fraction of sp³-hybridized carbons (Fsp3) is 0.259. The third kappa shape index (κ3) is 8.47. The zero-order valence-corrected chi connectivity index (χ0v) is 22.5. The van der Waals surface area contributed by atoms with Gasteiger partial charge in [-0.2, -0.15) is 0 Å². The smallest absolute Gasteiger partial charge is 0.205 e. The Labute approximate surface area is 222 Å². The molecule has 1 heterocycles. The number of phenolic OH excluding ortho intramolecular Hbond substituents is 2. The van der Waals surface area contributed by atoms with E-state index in [1.807, 2.05) is 6.07 Å². The third-order valence-electron chi connectivity index (χ3n) is 5.20. The van der Waals surface area contributed by atoms with E-state index >= 15 is 0 Å². The summed E-state index contributed by atoms with van der Waals surface area (Å²) in [5.41, 5.74) is 2.04. The normalized spacial score (nSPS) is 13.2. The predicted octanol–water partition coefficient (Wildman–Crippen LogP) is 4.91. The van der Waals surface area contributed by atoms with Crippen LogP contribution >= 0.6 is 11.3 Å². The maximum atomic E-state index is 11.3. The van der Waals surface area contributed by atoms with Crippen LogP contribution in [-0.2, 0) is 10.8 Å². The Hall–Kier alpha value is -3.63. The van der Waals surface area contributed by atoms with Crippen molar-refractivity contribution in [1.82, 2.24) is 4.98 Å². The fourth-order valence-corrected chi connectivity index (χ4v) is 4.85. The first kappa shape index (κ1) is 27.9. The van der Waals surface area contributed by atoms with Crippen molar-refractivity contribution in [2.75, 3.05) is 32.8 Å². The van der Waals surface area contributed by atoms with Crippen molar-refractivity contribution in [2.24, 2.45) is 4.99 Å². The molecule has 8 nitrogen and oxygen atoms in total. The van der Waals surface area contributed by atoms with Crippen LogP contribution in [0.25, 0.3) is 22.6 Å². The number of methoxy groups -OCH3 is 2. The van der Waals surface area contributed by atoms with Gasteiger partial charge in [-0.15, -0.1) is 0 Å². The quantitative estimate of drug-likeness (QED) is 0.179. The maximum Gasteiger partial charge on any atom is 0.205 e. The number of hydrogen-bond donors (Lipinski definition) is 3. The van der Waals surface area contributed by atoms with E-state index in [9.17, 15) is 19.5 Å². The molecule has 0 saturated heterocycles. The van der Waals surface area contributed by atoms with Crippen LogP contribution in [0.15, 0.2) is 59.3 Å². The molecule has 0 aliphatic carbocycles. The van der Waals surface area contributed by atoms with Crippen molar-refractivity contribution in [2.45, 2.75) is 12.8 Å². The molecule has 3 aromatic rings. The van der Waals surface area contributed by atoms with Gasteiger partial charge in [0.1, 0.15) is 5.76 Å². The highest BCUT2D eigenvalue weighted by molar-refractivity contribution is 7.84. The van der Waals surface area contributed by atoms with E-state index in [0.29, 0.717) is 34.3 Å². The van der Waals surface area contributed by atoms with Crippen LogP contribution in [-0.4, -0.2) is 57.3 Å². The summed E-state index contributed by atoms with van der Waals surface area (Å²) in [4.78, 5) is 10.5. The Bertz CT molecular complexity index is 1380. The van der Waals surface area contributed by atoms with Crippen LogP contribution in [0.4, 0.5) is 0 Å². The molecule has 0 spiro atoms. The molecule has 0 bridgehead atoms. The van der Waals surface area contributed by atoms with Crippen molar-refractivity contribution in [3.05, 3.63) is 70.4 Å². The van der Waals surface area contributed by atoms with Gasteiger partial charge in [0.2, 0.25) is 4.80 Å². The summed E-state index contributed by atoms with van der Waals surface area (Å²) in [5, 5.41) is 30.3. The first-order valence-corrected chi connectivity index (χ1v) is 14.0. The summed E-state index contributed by atoms with van der Waals surface area (Å²) in [7, 11) is 2.13. The minimum Gasteiger partial charge on any atom is -0.508 e. The Morgan fingerprint density at radius 2 is 1.76 bits per heavy atom. The fourth-order valence-electron chi connectivity index (χ4n) is 3.31. The van der Waals surface area contributed by atoms with Gasteiger partial charge < -0.3 is 24.8 Å². The van der Waals surface area contributed by atoms with E-state index < -0.39 is 10.8 Å². The molecule has 0 saturated carbocycles. The number of nitrogens with zero attached hydrogens (tertiary/aromatic N) is 2. The number of rotatable bonds is 11. The molecule has 3 rings (SSSR count). The monoisotopic (exact) mass is 542 g/mol. The number of allylic oxidation sites excluding steroid dienone is 1. The third-order valence-corrected chi connectivity index (χ3v) is 7.04. The summed E-state index contributed by atoms with van der Waals surface area (Å²) in [6, 6.07) is 11.8. The van der Waals surface area contributed by atoms with Crippen LogP contribution in [0.3, 0.4) is 0 Å². The molecular formula is C27H30N2O6S2. The molecule has 0 aliphatic heterocycles. The molecule has 1 atom stereocenters. The predicted molar refractivity (Wildman–Crippen MR) is 149 cm³/mol. The maximum absolute atomic E-state index is 11.3. The van der Waals surface area contributed by atoms with Gasteiger partial charge in [-0.05, 0) is 66.4 Å². The molecule has 1 aromatic heterocycles. The Kier molecular flexibility index (Phi) is 10.3. The van der Waals surface area contributed by atoms with Gasteiger partial charge >= 0.3 is 0 Å². The van der Waals surface area contributed by atoms with Gasteiger partial charge in [0, 0.05) is 40.3 Å². The molecule has 0 radical (unpaired) electrons. The summed E-state index contributed by atoms with van der Waals surface area (Å²) in [6.45, 7) is 0.542. The van der Waals surface area contributed by atoms with E-state index in [2.05, 4.69) is 9.98 Å². The molecule has 0 amide bonds. The Balaban J connectivity index is 1.93. The van der Waals surface area contributed by atoms with Crippen LogP contribution in [0.5, 0.6) is 23.0 Å². The Morgan fingerprint density at radius 3 is 2.46 bits per heavy atom. The summed E-state index contributed by atoms with van der Waals surface area (Å²) >= 11 is 1.38. The molecule has 0 aliphatic rings. The zero-order chi connectivity index (χ0) is 26.8. The van der Waals surface area contributed by atoms with Crippen LogP contribution in [0.1, 0.15) is 24.1 Å². The molecule has 3 N–H and O–H groups in total. The zero-order valence-electron chi connectivity index (χ0n) is 20.9. The van der Waals surface area contributed by atoms with E-state index in [0.717, 1.165) is 28.8 Å². The number of aliphatic hydroxyl groups is 1. The molecule has 1 unspecified atom stereocenters. The number of benzene rings is 2. The first-order chi connectivity index (χ1) is 17.8. The second kappa shape index (κ2) is 13.6. The minimum absolute atomic E-state index is 0.0265. The van der Waals surface area contributed by atoms with Crippen molar-refractivity contribution in [3.8, 4) is 33.4 Å². The average Bonchev–Trinajstić information content (AvgIpc) is 2.88. The van der Waals surface area contributed by atoms with Gasteiger partial charge in [-0.25, -0.2) is 4.98 Å². The van der Waals surface area contributed by atoms with E-state index in [1.165, 1.54) is 43.8 Å². The highest BCUT2D eigenvalue weighted by Gasteiger charge is 2.08. The Morgan fingerprint density at radius 1 is 1.05 bits per heavy atom. The average molecular weight is 543 g/mol. The summed E-state index contributed by atoms with van der Waals surface area (Å²) < 4.78 is 21.6. The lowest BCUT2D eigenvalue weighted by molar-refractivity contribution is 0.373. The lowest BCUT2D eigenvalue weighted by atomic mass is 10.1. The number of aromatic nitrogens is 1. The largest absolute Gasteiger partial charge is 0.508 e. The van der Waals surface area contributed by atoms with Crippen LogP contribution in [0.2, 0.25) is 0 Å². The highest BCUT2D eigenvalue weighted by atomic mass is 32.2. The number of ether oxygens (including phenoxy) is 2. The summed E-state index contributed by atoms with van der Waals surface area (Å²) in [5.74, 6) is 1.37. The van der Waals surface area contributed by atoms with Crippen molar-refractivity contribution in [1.29, 1.82) is 0 Å². The molecule has 196 valence electrons. The second-order valence-corrected chi connectivity index (χ2v) is 10.6. The lowest BCUT2D eigenvalue weighted by Gasteiger charge is -2.07. The minimum atomic E-state index is -0.825. The molecule has 2 aromatic carbocycles. The first-order valence-electron chi connectivity index (χ1n) is 11.4. The molecule has 0 fully saturated rings. The molecule has 10 heteroatoms. The number of aliphatic hydroxyl groups excluding tert-OH is 1. The summed E-state index contributed by atoms with van der Waals surface area (Å²) in [6.07, 6.45) is 8.03. The second-order valence-electron chi connectivity index (χ2n) is 8.02. The van der Waals surface area contributed by atoms with Crippen LogP contribution in [0, 0.1) is 0 Å². The number of hydrogen-bond acceptors (Lipinski definition) is 9. The van der Waals surface area contributed by atoms with Gasteiger partial charge in [0.05, 0.1) is 19.9 Å². The van der Waals surface area contributed by atoms with Gasteiger partial charge in [-0.1, -0.05) is 23.5 Å². The van der Waals surface area contributed by atoms with Gasteiger partial charge in [0.25, 0.3) is 0 Å². The van der Waals surface area contributed by atoms with Crippen molar-refractivity contribution < 1.29 is 29.0 Å². The van der Waals surface area contributed by atoms with E-state index in [-0.39, 0.29) is 17.3 Å². The van der Waals surface area contributed by atoms with E-state index in [4.69, 9.17) is 9.47 Å². The van der Waals surface area contributed by atoms with Crippen molar-refractivity contribution in [3.63, 3.8) is 0 Å². The standard InChI is InChI=1S/C27H30N2O6S2/c1-34-24-14-18(7-10-22(24)31)6-9-21(30)16-20-17-26(19-8-11-23(32)25(15-19)35-2)36-27(29-20)28-12-4-5-13-37(3)33/h6-11,14-17,30-32H,4-5,12-13H2,1-3H3/b9-6+,21-16+,28-27?. The SMILES string of the molecule is COc1cc(/C=C/C(O)=C\c2cc(-c3ccc(O)c(OC)c3)sc(=NCCCCS(C)=O)n2)ccc1O. The highest BCUT2D eigenvalue weighted by Crippen LogP contribution is 2.32. The van der Waals surface area contributed by atoms with Crippen LogP contribution < -0.4 is 14.3 Å². The van der Waals surface area contributed by atoms with Crippen molar-refractivity contribution >= 4 is 34.3 Å². The van der Waals surface area contributed by atoms with Gasteiger partial charge in [-0.3, -0.25) is 9.20 Å². The van der Waals surface area contributed by atoms with E-state index in [1.54, 1.807) is 42.7 Å². The number of aromatic hydroxyl groups is 2. The molecule has 37 heavy (non-hydrogen) atoms. The molecular weight excluding hydrogens is 512 g/mol. The number of unbranched alkanes of at least 4 members (excludes halogenated alkanes) is 1.